The fourth-order valence-corrected chi connectivity index (χ4v) is 2.09. The molecule has 0 aliphatic rings. The first-order valence-electron chi connectivity index (χ1n) is 5.48. The molecule has 0 bridgehead atoms. The summed E-state index contributed by atoms with van der Waals surface area (Å²) < 4.78 is 0. The van der Waals surface area contributed by atoms with Crippen LogP contribution in [0.3, 0.4) is 0 Å². The Hall–Kier alpha value is -0.470. The number of thioether (sulfide) groups is 1. The molecule has 0 saturated heterocycles. The third-order valence-corrected chi connectivity index (χ3v) is 3.27. The van der Waals surface area contributed by atoms with Crippen molar-refractivity contribution in [2.75, 3.05) is 12.4 Å². The van der Waals surface area contributed by atoms with Gasteiger partial charge in [0.2, 0.25) is 0 Å². The standard InChI is InChI=1S/C13H21NS/c1-5-14-10-15-12-8-6-11(7-9-12)13(2,3)4/h6-9,14H,5,10H2,1-4H3. The molecule has 0 aromatic heterocycles. The maximum absolute atomic E-state index is 3.30. The summed E-state index contributed by atoms with van der Waals surface area (Å²) in [6.45, 7) is 9.89. The highest BCUT2D eigenvalue weighted by molar-refractivity contribution is 7.99. The minimum atomic E-state index is 0.255. The molecule has 2 heteroatoms. The van der Waals surface area contributed by atoms with Crippen LogP contribution in [0.15, 0.2) is 29.2 Å². The summed E-state index contributed by atoms with van der Waals surface area (Å²) in [6, 6.07) is 8.88. The Kier molecular flexibility index (Phi) is 4.68. The first kappa shape index (κ1) is 12.6. The zero-order chi connectivity index (χ0) is 11.3. The zero-order valence-corrected chi connectivity index (χ0v) is 10.9. The van der Waals surface area contributed by atoms with Crippen LogP contribution in [0.25, 0.3) is 0 Å². The van der Waals surface area contributed by atoms with Crippen LogP contribution >= 0.6 is 11.8 Å². The normalized spacial score (nSPS) is 11.7. The maximum Gasteiger partial charge on any atom is 0.0465 e. The molecule has 15 heavy (non-hydrogen) atoms. The quantitative estimate of drug-likeness (QED) is 0.475. The number of rotatable bonds is 4. The van der Waals surface area contributed by atoms with Gasteiger partial charge in [-0.1, -0.05) is 39.8 Å². The van der Waals surface area contributed by atoms with Gasteiger partial charge in [0.25, 0.3) is 0 Å². The van der Waals surface area contributed by atoms with E-state index in [1.807, 2.05) is 11.8 Å². The topological polar surface area (TPSA) is 12.0 Å². The van der Waals surface area contributed by atoms with Crippen LogP contribution in [0, 0.1) is 0 Å². The van der Waals surface area contributed by atoms with Gasteiger partial charge in [0.1, 0.15) is 0 Å². The number of benzene rings is 1. The van der Waals surface area contributed by atoms with E-state index in [2.05, 4.69) is 57.3 Å². The first-order chi connectivity index (χ1) is 7.04. The highest BCUT2D eigenvalue weighted by Gasteiger charge is 2.12. The minimum Gasteiger partial charge on any atom is -0.308 e. The third-order valence-electron chi connectivity index (χ3n) is 2.31. The molecule has 0 heterocycles. The lowest BCUT2D eigenvalue weighted by Gasteiger charge is -2.19. The Bertz CT molecular complexity index is 284. The molecule has 84 valence electrons. The van der Waals surface area contributed by atoms with Crippen molar-refractivity contribution in [3.63, 3.8) is 0 Å². The van der Waals surface area contributed by atoms with Crippen molar-refractivity contribution in [3.05, 3.63) is 29.8 Å². The van der Waals surface area contributed by atoms with Crippen molar-refractivity contribution >= 4 is 11.8 Å². The van der Waals surface area contributed by atoms with E-state index in [0.717, 1.165) is 12.4 Å². The summed E-state index contributed by atoms with van der Waals surface area (Å²) in [6.07, 6.45) is 0. The second-order valence-electron chi connectivity index (χ2n) is 4.67. The van der Waals surface area contributed by atoms with Gasteiger partial charge in [-0.2, -0.15) is 0 Å². The van der Waals surface area contributed by atoms with E-state index in [-0.39, 0.29) is 5.41 Å². The van der Waals surface area contributed by atoms with Crippen LogP contribution in [0.5, 0.6) is 0 Å². The lowest BCUT2D eigenvalue weighted by Crippen LogP contribution is -2.11. The third kappa shape index (κ3) is 4.27. The molecule has 0 saturated carbocycles. The fraction of sp³-hybridized carbons (Fsp3) is 0.538. The summed E-state index contributed by atoms with van der Waals surface area (Å²) in [4.78, 5) is 1.34. The summed E-state index contributed by atoms with van der Waals surface area (Å²) in [5.41, 5.74) is 1.65. The van der Waals surface area contributed by atoms with Gasteiger partial charge >= 0.3 is 0 Å². The lowest BCUT2D eigenvalue weighted by atomic mass is 9.87. The molecule has 0 radical (unpaired) electrons. The molecule has 1 aromatic rings. The molecule has 0 amide bonds. The molecule has 0 aliphatic heterocycles. The Morgan fingerprint density at radius 3 is 2.20 bits per heavy atom. The van der Waals surface area contributed by atoms with Gasteiger partial charge in [-0.15, -0.1) is 11.8 Å². The monoisotopic (exact) mass is 223 g/mol. The smallest absolute Gasteiger partial charge is 0.0465 e. The Morgan fingerprint density at radius 2 is 1.73 bits per heavy atom. The summed E-state index contributed by atoms with van der Waals surface area (Å²) >= 11 is 1.85. The van der Waals surface area contributed by atoms with Crippen molar-refractivity contribution in [1.29, 1.82) is 0 Å². The van der Waals surface area contributed by atoms with Crippen LogP contribution in [0.1, 0.15) is 33.3 Å². The molecule has 0 fully saturated rings. The van der Waals surface area contributed by atoms with Gasteiger partial charge in [-0.25, -0.2) is 0 Å². The number of hydrogen-bond donors (Lipinski definition) is 1. The predicted molar refractivity (Wildman–Crippen MR) is 69.5 cm³/mol. The van der Waals surface area contributed by atoms with Crippen LogP contribution in [-0.4, -0.2) is 12.4 Å². The van der Waals surface area contributed by atoms with Gasteiger partial charge < -0.3 is 5.32 Å². The van der Waals surface area contributed by atoms with Gasteiger partial charge in [0.15, 0.2) is 0 Å². The van der Waals surface area contributed by atoms with Crippen molar-refractivity contribution < 1.29 is 0 Å². The molecule has 1 rings (SSSR count). The summed E-state index contributed by atoms with van der Waals surface area (Å²) in [5, 5.41) is 3.30. The van der Waals surface area contributed by atoms with Crippen LogP contribution in [0.4, 0.5) is 0 Å². The molecule has 0 aliphatic carbocycles. The molecule has 1 nitrogen and oxygen atoms in total. The van der Waals surface area contributed by atoms with Gasteiger partial charge in [0, 0.05) is 10.8 Å². The SMILES string of the molecule is CCNCSc1ccc(C(C)(C)C)cc1. The fourth-order valence-electron chi connectivity index (χ4n) is 1.29. The van der Waals surface area contributed by atoms with E-state index >= 15 is 0 Å². The van der Waals surface area contributed by atoms with Crippen molar-refractivity contribution in [2.24, 2.45) is 0 Å². The molecule has 0 spiro atoms. The number of hydrogen-bond acceptors (Lipinski definition) is 2. The first-order valence-corrected chi connectivity index (χ1v) is 6.46. The summed E-state index contributed by atoms with van der Waals surface area (Å²) in [7, 11) is 0. The van der Waals surface area contributed by atoms with E-state index in [1.165, 1.54) is 10.5 Å². The largest absolute Gasteiger partial charge is 0.308 e. The van der Waals surface area contributed by atoms with E-state index < -0.39 is 0 Å². The maximum atomic E-state index is 3.30. The Labute approximate surface area is 97.7 Å². The van der Waals surface area contributed by atoms with Gasteiger partial charge in [-0.3, -0.25) is 0 Å². The highest BCUT2D eigenvalue weighted by Crippen LogP contribution is 2.25. The summed E-state index contributed by atoms with van der Waals surface area (Å²) in [5.74, 6) is 0.991. The molecule has 0 atom stereocenters. The van der Waals surface area contributed by atoms with Crippen molar-refractivity contribution in [1.82, 2.24) is 5.32 Å². The van der Waals surface area contributed by atoms with Gasteiger partial charge in [-0.05, 0) is 29.7 Å². The van der Waals surface area contributed by atoms with Crippen LogP contribution < -0.4 is 5.32 Å². The average Bonchev–Trinajstić information content (AvgIpc) is 2.18. The van der Waals surface area contributed by atoms with Crippen molar-refractivity contribution in [3.8, 4) is 0 Å². The van der Waals surface area contributed by atoms with Gasteiger partial charge in [0.05, 0.1) is 0 Å². The molecule has 0 unspecified atom stereocenters. The number of nitrogens with one attached hydrogen (secondary N) is 1. The zero-order valence-electron chi connectivity index (χ0n) is 10.1. The molecule has 1 N–H and O–H groups in total. The second kappa shape index (κ2) is 5.57. The van der Waals surface area contributed by atoms with Crippen LogP contribution in [-0.2, 0) is 5.41 Å². The van der Waals surface area contributed by atoms with E-state index in [9.17, 15) is 0 Å². The minimum absolute atomic E-state index is 0.255. The van der Waals surface area contributed by atoms with E-state index in [0.29, 0.717) is 0 Å². The average molecular weight is 223 g/mol. The van der Waals surface area contributed by atoms with E-state index in [1.54, 1.807) is 0 Å². The Balaban J connectivity index is 2.57. The molecular formula is C13H21NS. The molecular weight excluding hydrogens is 202 g/mol. The van der Waals surface area contributed by atoms with E-state index in [4.69, 9.17) is 0 Å². The Morgan fingerprint density at radius 1 is 1.13 bits per heavy atom. The van der Waals surface area contributed by atoms with Crippen LogP contribution in [0.2, 0.25) is 0 Å². The predicted octanol–water partition coefficient (Wildman–Crippen LogP) is 3.64. The second-order valence-corrected chi connectivity index (χ2v) is 5.72. The molecule has 1 aromatic carbocycles. The highest BCUT2D eigenvalue weighted by atomic mass is 32.2. The lowest BCUT2D eigenvalue weighted by molar-refractivity contribution is 0.590. The van der Waals surface area contributed by atoms with Crippen molar-refractivity contribution in [2.45, 2.75) is 38.0 Å².